The number of halogens is 1. The van der Waals surface area contributed by atoms with Gasteiger partial charge in [0.1, 0.15) is 5.75 Å². The Labute approximate surface area is 139 Å². The lowest BCUT2D eigenvalue weighted by molar-refractivity contribution is -0.130. The summed E-state index contributed by atoms with van der Waals surface area (Å²) in [6, 6.07) is 6.23. The molecule has 1 saturated heterocycles. The van der Waals surface area contributed by atoms with Gasteiger partial charge in [-0.1, -0.05) is 18.6 Å². The van der Waals surface area contributed by atoms with E-state index in [0.717, 1.165) is 56.8 Å². The van der Waals surface area contributed by atoms with Crippen molar-refractivity contribution in [1.82, 2.24) is 10.2 Å². The van der Waals surface area contributed by atoms with Crippen LogP contribution in [0.4, 0.5) is 0 Å². The van der Waals surface area contributed by atoms with Gasteiger partial charge in [-0.05, 0) is 37.0 Å². The highest BCUT2D eigenvalue weighted by Crippen LogP contribution is 2.18. The molecule has 5 heteroatoms. The summed E-state index contributed by atoms with van der Waals surface area (Å²) in [5, 5.41) is 3.42. The fourth-order valence-electron chi connectivity index (χ4n) is 2.77. The molecule has 0 unspecified atom stereocenters. The molecule has 2 rings (SSSR count). The monoisotopic (exact) mass is 326 g/mol. The van der Waals surface area contributed by atoms with Gasteiger partial charge in [0, 0.05) is 32.6 Å². The van der Waals surface area contributed by atoms with Crippen molar-refractivity contribution in [3.05, 3.63) is 29.3 Å². The second-order valence-electron chi connectivity index (χ2n) is 5.67. The van der Waals surface area contributed by atoms with Crippen LogP contribution in [0.5, 0.6) is 5.75 Å². The van der Waals surface area contributed by atoms with E-state index >= 15 is 0 Å². The van der Waals surface area contributed by atoms with Gasteiger partial charge in [-0.3, -0.25) is 4.79 Å². The molecule has 1 aliphatic heterocycles. The van der Waals surface area contributed by atoms with E-state index in [0.29, 0.717) is 5.91 Å². The molecule has 1 aromatic rings. The summed E-state index contributed by atoms with van der Waals surface area (Å²) in [7, 11) is 1.69. The molecule has 124 valence electrons. The number of ether oxygens (including phenoxy) is 1. The number of hydrogen-bond donors (Lipinski definition) is 1. The van der Waals surface area contributed by atoms with Crippen LogP contribution in [-0.4, -0.2) is 37.6 Å². The molecule has 1 fully saturated rings. The third-order valence-corrected chi connectivity index (χ3v) is 4.02. The Morgan fingerprint density at radius 3 is 2.82 bits per heavy atom. The molecular weight excluding hydrogens is 300 g/mol. The fraction of sp³-hybridized carbons (Fsp3) is 0.588. The van der Waals surface area contributed by atoms with E-state index in [4.69, 9.17) is 4.74 Å². The Bertz CT molecular complexity index is 480. The van der Waals surface area contributed by atoms with E-state index in [1.165, 1.54) is 12.0 Å². The number of hydrogen-bond acceptors (Lipinski definition) is 3. The second-order valence-corrected chi connectivity index (χ2v) is 5.67. The quantitative estimate of drug-likeness (QED) is 0.817. The van der Waals surface area contributed by atoms with E-state index in [1.807, 2.05) is 11.0 Å². The second kappa shape index (κ2) is 9.70. The van der Waals surface area contributed by atoms with Crippen LogP contribution in [0.15, 0.2) is 18.2 Å². The number of amides is 1. The molecule has 0 spiro atoms. The number of carbonyl (C=O) groups excluding carboxylic acids is 1. The zero-order valence-electron chi connectivity index (χ0n) is 13.6. The summed E-state index contributed by atoms with van der Waals surface area (Å²) in [6.45, 7) is 5.46. The number of nitrogens with zero attached hydrogens (tertiary/aromatic N) is 1. The first-order valence-corrected chi connectivity index (χ1v) is 7.82. The summed E-state index contributed by atoms with van der Waals surface area (Å²) in [4.78, 5) is 13.9. The first-order valence-electron chi connectivity index (χ1n) is 7.82. The van der Waals surface area contributed by atoms with Gasteiger partial charge in [0.25, 0.3) is 0 Å². The zero-order chi connectivity index (χ0) is 15.1. The number of aryl methyl sites for hydroxylation is 1. The highest BCUT2D eigenvalue weighted by molar-refractivity contribution is 5.85. The van der Waals surface area contributed by atoms with Crippen molar-refractivity contribution in [1.29, 1.82) is 0 Å². The topological polar surface area (TPSA) is 41.6 Å². The molecule has 22 heavy (non-hydrogen) atoms. The van der Waals surface area contributed by atoms with Gasteiger partial charge in [0.15, 0.2) is 0 Å². The molecule has 4 nitrogen and oxygen atoms in total. The number of rotatable bonds is 6. The Morgan fingerprint density at radius 1 is 1.27 bits per heavy atom. The molecule has 1 amide bonds. The third-order valence-electron chi connectivity index (χ3n) is 4.02. The lowest BCUT2D eigenvalue weighted by Crippen LogP contribution is -2.36. The Hall–Kier alpha value is -1.26. The van der Waals surface area contributed by atoms with Gasteiger partial charge in [0.2, 0.25) is 5.91 Å². The normalized spacial score (nSPS) is 15.2. The van der Waals surface area contributed by atoms with Crippen LogP contribution in [0.25, 0.3) is 0 Å². The highest BCUT2D eigenvalue weighted by Gasteiger charge is 2.15. The summed E-state index contributed by atoms with van der Waals surface area (Å²) < 4.78 is 5.26. The van der Waals surface area contributed by atoms with Crippen LogP contribution >= 0.6 is 12.4 Å². The van der Waals surface area contributed by atoms with Crippen LogP contribution in [0.3, 0.4) is 0 Å². The maximum atomic E-state index is 11.9. The molecule has 0 saturated carbocycles. The minimum Gasteiger partial charge on any atom is -0.496 e. The molecule has 1 heterocycles. The Kier molecular flexibility index (Phi) is 8.28. The number of likely N-dealkylation sites (tertiary alicyclic amines) is 1. The molecule has 0 aliphatic carbocycles. The standard InChI is InChI=1S/C17H26N2O2.ClH/c1-14-12-15(7-8-16(14)21-2)13-18-9-11-19-10-5-3-4-6-17(19)20;/h7-8,12,18H,3-6,9-11,13H2,1-2H3;1H. The van der Waals surface area contributed by atoms with Crippen LogP contribution in [0.1, 0.15) is 36.8 Å². The Balaban J connectivity index is 0.00000242. The van der Waals surface area contributed by atoms with Crippen LogP contribution in [0.2, 0.25) is 0 Å². The van der Waals surface area contributed by atoms with Gasteiger partial charge in [-0.2, -0.15) is 0 Å². The van der Waals surface area contributed by atoms with Gasteiger partial charge >= 0.3 is 0 Å². The first kappa shape index (κ1) is 18.8. The molecular formula is C17H27ClN2O2. The van der Waals surface area contributed by atoms with Crippen molar-refractivity contribution < 1.29 is 9.53 Å². The number of carbonyl (C=O) groups is 1. The number of benzene rings is 1. The van der Waals surface area contributed by atoms with E-state index in [-0.39, 0.29) is 12.4 Å². The lowest BCUT2D eigenvalue weighted by atomic mass is 10.1. The van der Waals surface area contributed by atoms with Crippen molar-refractivity contribution in [3.8, 4) is 5.75 Å². The van der Waals surface area contributed by atoms with Crippen molar-refractivity contribution in [2.75, 3.05) is 26.7 Å². The van der Waals surface area contributed by atoms with Gasteiger partial charge in [-0.25, -0.2) is 0 Å². The molecule has 0 radical (unpaired) electrons. The average Bonchev–Trinajstić information content (AvgIpc) is 2.68. The molecule has 1 N–H and O–H groups in total. The summed E-state index contributed by atoms with van der Waals surface area (Å²) >= 11 is 0. The maximum Gasteiger partial charge on any atom is 0.222 e. The van der Waals surface area contributed by atoms with Gasteiger partial charge in [-0.15, -0.1) is 12.4 Å². The fourth-order valence-corrected chi connectivity index (χ4v) is 2.77. The van der Waals surface area contributed by atoms with Crippen molar-refractivity contribution in [3.63, 3.8) is 0 Å². The summed E-state index contributed by atoms with van der Waals surface area (Å²) in [5.41, 5.74) is 2.40. The van der Waals surface area contributed by atoms with E-state index in [9.17, 15) is 4.79 Å². The minimum atomic E-state index is 0. The van der Waals surface area contributed by atoms with Gasteiger partial charge in [0.05, 0.1) is 7.11 Å². The summed E-state index contributed by atoms with van der Waals surface area (Å²) in [5.74, 6) is 1.24. The smallest absolute Gasteiger partial charge is 0.222 e. The third kappa shape index (κ3) is 5.50. The van der Waals surface area contributed by atoms with Crippen molar-refractivity contribution in [2.24, 2.45) is 0 Å². The molecule has 0 aromatic heterocycles. The predicted molar refractivity (Wildman–Crippen MR) is 91.7 cm³/mol. The average molecular weight is 327 g/mol. The molecule has 1 aliphatic rings. The van der Waals surface area contributed by atoms with Crippen molar-refractivity contribution >= 4 is 18.3 Å². The van der Waals surface area contributed by atoms with Crippen molar-refractivity contribution in [2.45, 2.75) is 39.2 Å². The minimum absolute atomic E-state index is 0. The predicted octanol–water partition coefficient (Wildman–Crippen LogP) is 2.92. The largest absolute Gasteiger partial charge is 0.496 e. The molecule has 0 bridgehead atoms. The first-order chi connectivity index (χ1) is 10.2. The highest BCUT2D eigenvalue weighted by atomic mass is 35.5. The maximum absolute atomic E-state index is 11.9. The lowest BCUT2D eigenvalue weighted by Gasteiger charge is -2.20. The van der Waals surface area contributed by atoms with Crippen LogP contribution in [-0.2, 0) is 11.3 Å². The van der Waals surface area contributed by atoms with E-state index in [2.05, 4.69) is 24.4 Å². The van der Waals surface area contributed by atoms with E-state index in [1.54, 1.807) is 7.11 Å². The SMILES string of the molecule is COc1ccc(CNCCN2CCCCCC2=O)cc1C.Cl. The molecule has 1 aromatic carbocycles. The zero-order valence-corrected chi connectivity index (χ0v) is 14.4. The molecule has 0 atom stereocenters. The van der Waals surface area contributed by atoms with E-state index < -0.39 is 0 Å². The van der Waals surface area contributed by atoms with Gasteiger partial charge < -0.3 is 15.0 Å². The van der Waals surface area contributed by atoms with Crippen LogP contribution in [0, 0.1) is 6.92 Å². The Morgan fingerprint density at radius 2 is 2.09 bits per heavy atom. The number of methoxy groups -OCH3 is 1. The number of nitrogens with one attached hydrogen (secondary N) is 1. The summed E-state index contributed by atoms with van der Waals surface area (Å²) in [6.07, 6.45) is 4.09. The van der Waals surface area contributed by atoms with Crippen LogP contribution < -0.4 is 10.1 Å².